The molecule has 0 radical (unpaired) electrons. The van der Waals surface area contributed by atoms with Crippen molar-refractivity contribution < 1.29 is 17.7 Å². The van der Waals surface area contributed by atoms with Crippen LogP contribution in [0.1, 0.15) is 18.2 Å². The first-order chi connectivity index (χ1) is 9.95. The predicted molar refractivity (Wildman–Crippen MR) is 75.8 cm³/mol. The van der Waals surface area contributed by atoms with E-state index in [-0.39, 0.29) is 17.5 Å². The fraction of sp³-hybridized carbons (Fsp3) is 0.308. The number of sulfonamides is 1. The van der Waals surface area contributed by atoms with Gasteiger partial charge in [0.05, 0.1) is 22.7 Å². The second-order valence-electron chi connectivity index (χ2n) is 4.83. The van der Waals surface area contributed by atoms with Crippen LogP contribution in [0.15, 0.2) is 33.8 Å². The van der Waals surface area contributed by atoms with Gasteiger partial charge in [-0.3, -0.25) is 0 Å². The maximum absolute atomic E-state index is 12.3. The number of fused-ring (bicyclic) bond motifs is 1. The van der Waals surface area contributed by atoms with E-state index < -0.39 is 10.0 Å². The summed E-state index contributed by atoms with van der Waals surface area (Å²) in [6.07, 6.45) is 2.09. The van der Waals surface area contributed by atoms with Gasteiger partial charge in [0.25, 0.3) is 0 Å². The molecule has 112 valence electrons. The van der Waals surface area contributed by atoms with Crippen LogP contribution in [0.5, 0.6) is 5.75 Å². The molecule has 6 nitrogen and oxygen atoms in total. The van der Waals surface area contributed by atoms with Crippen LogP contribution >= 0.6 is 11.6 Å². The minimum Gasteiger partial charge on any atom is -0.489 e. The van der Waals surface area contributed by atoms with Crippen molar-refractivity contribution in [2.75, 3.05) is 0 Å². The van der Waals surface area contributed by atoms with Crippen molar-refractivity contribution in [2.45, 2.75) is 30.9 Å². The van der Waals surface area contributed by atoms with Gasteiger partial charge in [0.1, 0.15) is 11.9 Å². The van der Waals surface area contributed by atoms with Crippen LogP contribution in [-0.2, 0) is 23.0 Å². The predicted octanol–water partition coefficient (Wildman–Crippen LogP) is 2.13. The van der Waals surface area contributed by atoms with E-state index in [9.17, 15) is 8.42 Å². The van der Waals surface area contributed by atoms with Crippen molar-refractivity contribution in [3.8, 4) is 5.75 Å². The number of ether oxygens (including phenoxy) is 1. The standard InChI is InChI=1S/C13H13ClN2O4S/c1-8-4-9-5-11(6-12(14)13(9)19-8)21(17,18)16-7-10-2-3-15-20-10/h2-3,5-6,8,16H,4,7H2,1H3. The first-order valence-corrected chi connectivity index (χ1v) is 8.20. The Hall–Kier alpha value is -1.57. The van der Waals surface area contributed by atoms with Crippen LogP contribution in [0.4, 0.5) is 0 Å². The van der Waals surface area contributed by atoms with Crippen molar-refractivity contribution in [2.24, 2.45) is 0 Å². The van der Waals surface area contributed by atoms with Gasteiger partial charge in [-0.05, 0) is 19.1 Å². The molecule has 1 aliphatic heterocycles. The lowest BCUT2D eigenvalue weighted by Crippen LogP contribution is -2.23. The molecule has 3 rings (SSSR count). The van der Waals surface area contributed by atoms with E-state index >= 15 is 0 Å². The molecule has 1 atom stereocenters. The van der Waals surface area contributed by atoms with Gasteiger partial charge in [-0.25, -0.2) is 13.1 Å². The van der Waals surface area contributed by atoms with Crippen molar-refractivity contribution in [3.63, 3.8) is 0 Å². The number of rotatable bonds is 4. The monoisotopic (exact) mass is 328 g/mol. The van der Waals surface area contributed by atoms with Gasteiger partial charge in [0.15, 0.2) is 5.76 Å². The highest BCUT2D eigenvalue weighted by Crippen LogP contribution is 2.37. The number of hydrogen-bond donors (Lipinski definition) is 1. The zero-order chi connectivity index (χ0) is 15.0. The van der Waals surface area contributed by atoms with E-state index in [4.69, 9.17) is 20.9 Å². The van der Waals surface area contributed by atoms with E-state index in [1.165, 1.54) is 12.3 Å². The lowest BCUT2D eigenvalue weighted by atomic mass is 10.1. The molecule has 2 aromatic rings. The molecule has 21 heavy (non-hydrogen) atoms. The van der Waals surface area contributed by atoms with E-state index in [0.29, 0.717) is 23.0 Å². The van der Waals surface area contributed by atoms with Gasteiger partial charge in [0, 0.05) is 18.1 Å². The molecule has 1 N–H and O–H groups in total. The minimum atomic E-state index is -3.68. The Kier molecular flexibility index (Phi) is 3.64. The summed E-state index contributed by atoms with van der Waals surface area (Å²) >= 11 is 6.10. The summed E-state index contributed by atoms with van der Waals surface area (Å²) in [7, 11) is -3.68. The summed E-state index contributed by atoms with van der Waals surface area (Å²) in [6, 6.07) is 4.57. The van der Waals surface area contributed by atoms with Crippen molar-refractivity contribution >= 4 is 21.6 Å². The quantitative estimate of drug-likeness (QED) is 0.929. The van der Waals surface area contributed by atoms with E-state index in [0.717, 1.165) is 5.56 Å². The minimum absolute atomic E-state index is 0.00222. The number of nitrogens with zero attached hydrogens (tertiary/aromatic N) is 1. The van der Waals surface area contributed by atoms with Crippen molar-refractivity contribution in [1.82, 2.24) is 9.88 Å². The maximum Gasteiger partial charge on any atom is 0.241 e. The average molecular weight is 329 g/mol. The third-order valence-corrected chi connectivity index (χ3v) is 4.82. The van der Waals surface area contributed by atoms with Crippen LogP contribution in [0.3, 0.4) is 0 Å². The molecular weight excluding hydrogens is 316 g/mol. The summed E-state index contributed by atoms with van der Waals surface area (Å²) in [5.74, 6) is 1.00. The number of nitrogens with one attached hydrogen (secondary N) is 1. The zero-order valence-corrected chi connectivity index (χ0v) is 12.7. The van der Waals surface area contributed by atoms with Gasteiger partial charge in [-0.15, -0.1) is 0 Å². The molecule has 0 saturated carbocycles. The third-order valence-electron chi connectivity index (χ3n) is 3.16. The summed E-state index contributed by atoms with van der Waals surface area (Å²) < 4.78 is 37.4. The highest BCUT2D eigenvalue weighted by molar-refractivity contribution is 7.89. The molecule has 0 aliphatic carbocycles. The maximum atomic E-state index is 12.3. The van der Waals surface area contributed by atoms with Crippen molar-refractivity contribution in [1.29, 1.82) is 0 Å². The molecule has 0 saturated heterocycles. The van der Waals surface area contributed by atoms with E-state index in [1.807, 2.05) is 6.92 Å². The van der Waals surface area contributed by atoms with Crippen LogP contribution < -0.4 is 9.46 Å². The normalized spacial score (nSPS) is 17.5. The molecule has 0 fully saturated rings. The number of aromatic nitrogens is 1. The molecule has 8 heteroatoms. The Morgan fingerprint density at radius 3 is 3.00 bits per heavy atom. The second kappa shape index (κ2) is 5.32. The molecule has 1 aromatic carbocycles. The smallest absolute Gasteiger partial charge is 0.241 e. The summed E-state index contributed by atoms with van der Waals surface area (Å²) in [4.78, 5) is 0.114. The van der Waals surface area contributed by atoms with Crippen molar-refractivity contribution in [3.05, 3.63) is 40.7 Å². The third kappa shape index (κ3) is 2.90. The van der Waals surface area contributed by atoms with E-state index in [2.05, 4.69) is 9.88 Å². The van der Waals surface area contributed by atoms with Crippen LogP contribution in [0.2, 0.25) is 5.02 Å². The summed E-state index contributed by atoms with van der Waals surface area (Å²) in [5, 5.41) is 3.82. The molecule has 1 unspecified atom stereocenters. The van der Waals surface area contributed by atoms with Crippen LogP contribution in [0.25, 0.3) is 0 Å². The average Bonchev–Trinajstić information content (AvgIpc) is 3.05. The van der Waals surface area contributed by atoms with E-state index in [1.54, 1.807) is 12.1 Å². The van der Waals surface area contributed by atoms with Gasteiger partial charge in [0.2, 0.25) is 10.0 Å². The molecular formula is C13H13ClN2O4S. The first kappa shape index (κ1) is 14.4. The number of halogens is 1. The highest BCUT2D eigenvalue weighted by atomic mass is 35.5. The Balaban J connectivity index is 1.86. The Labute approximate surface area is 127 Å². The zero-order valence-electron chi connectivity index (χ0n) is 11.2. The van der Waals surface area contributed by atoms with Crippen LogP contribution in [-0.4, -0.2) is 19.7 Å². The fourth-order valence-corrected chi connectivity index (χ4v) is 3.61. The molecule has 1 aromatic heterocycles. The van der Waals surface area contributed by atoms with Gasteiger partial charge < -0.3 is 9.26 Å². The molecule has 2 heterocycles. The molecule has 0 amide bonds. The molecule has 0 spiro atoms. The number of benzene rings is 1. The lowest BCUT2D eigenvalue weighted by Gasteiger charge is -2.08. The Bertz CT molecular complexity index is 759. The summed E-state index contributed by atoms with van der Waals surface area (Å²) in [5.41, 5.74) is 0.801. The highest BCUT2D eigenvalue weighted by Gasteiger charge is 2.26. The Morgan fingerprint density at radius 2 is 2.29 bits per heavy atom. The largest absolute Gasteiger partial charge is 0.489 e. The van der Waals surface area contributed by atoms with Gasteiger partial charge >= 0.3 is 0 Å². The summed E-state index contributed by atoms with van der Waals surface area (Å²) in [6.45, 7) is 1.94. The lowest BCUT2D eigenvalue weighted by molar-refractivity contribution is 0.255. The molecule has 0 bridgehead atoms. The fourth-order valence-electron chi connectivity index (χ4n) is 2.20. The topological polar surface area (TPSA) is 81.4 Å². The molecule has 1 aliphatic rings. The van der Waals surface area contributed by atoms with Gasteiger partial charge in [-0.1, -0.05) is 16.8 Å². The SMILES string of the molecule is CC1Cc2cc(S(=O)(=O)NCc3ccno3)cc(Cl)c2O1. The Morgan fingerprint density at radius 1 is 1.48 bits per heavy atom. The van der Waals surface area contributed by atoms with Gasteiger partial charge in [-0.2, -0.15) is 0 Å². The van der Waals surface area contributed by atoms with Crippen LogP contribution in [0, 0.1) is 0 Å². The first-order valence-electron chi connectivity index (χ1n) is 6.34. The second-order valence-corrected chi connectivity index (χ2v) is 7.00. The number of hydrogen-bond acceptors (Lipinski definition) is 5.